The summed E-state index contributed by atoms with van der Waals surface area (Å²) in [4.78, 5) is 23.4. The minimum absolute atomic E-state index is 0.227. The number of amides is 2. The molecule has 18 heavy (non-hydrogen) atoms. The van der Waals surface area contributed by atoms with Crippen LogP contribution in [0.2, 0.25) is 0 Å². The minimum atomic E-state index is -0.468. The first kappa shape index (κ1) is 12.9. The maximum atomic E-state index is 12.3. The molecule has 1 saturated heterocycles. The molecule has 0 aromatic heterocycles. The van der Waals surface area contributed by atoms with Gasteiger partial charge in [0.1, 0.15) is 5.50 Å². The minimum Gasteiger partial charge on any atom is -0.274 e. The predicted octanol–water partition coefficient (Wildman–Crippen LogP) is 0.171. The molecule has 1 aliphatic rings. The molecule has 1 aliphatic heterocycles. The van der Waals surface area contributed by atoms with Crippen molar-refractivity contribution in [3.63, 3.8) is 0 Å². The maximum absolute atomic E-state index is 12.3. The molecule has 2 amide bonds. The molecule has 1 aromatic rings. The highest BCUT2D eigenvalue weighted by atomic mass is 32.1. The van der Waals surface area contributed by atoms with E-state index in [2.05, 4.69) is 23.4 Å². The van der Waals surface area contributed by atoms with E-state index < -0.39 is 5.50 Å². The van der Waals surface area contributed by atoms with Crippen LogP contribution in [0.5, 0.6) is 0 Å². The van der Waals surface area contributed by atoms with E-state index >= 15 is 0 Å². The topological polar surface area (TPSA) is 64.7 Å². The lowest BCUT2D eigenvalue weighted by Gasteiger charge is -2.28. The summed E-state index contributed by atoms with van der Waals surface area (Å²) in [5.41, 5.74) is 2.63. The summed E-state index contributed by atoms with van der Waals surface area (Å²) in [5, 5.41) is 5.73. The molecular formula is C11H14N4O2S. The number of nitrogens with zero attached hydrogens (tertiary/aromatic N) is 2. The Morgan fingerprint density at radius 2 is 2.06 bits per heavy atom. The monoisotopic (exact) mass is 266 g/mol. The third-order valence-corrected chi connectivity index (χ3v) is 2.83. The zero-order valence-electron chi connectivity index (χ0n) is 9.83. The maximum Gasteiger partial charge on any atom is 0.271 e. The molecule has 0 aliphatic carbocycles. The van der Waals surface area contributed by atoms with Crippen LogP contribution in [-0.2, 0) is 4.79 Å². The molecular weight excluding hydrogens is 252 g/mol. The van der Waals surface area contributed by atoms with E-state index in [0.29, 0.717) is 12.2 Å². The Balaban J connectivity index is 2.19. The standard InChI is InChI=1S/C11H14N4O2S/c1-8(16)13-14-7-12-11(18)15(14)10(17)9-5-3-2-4-6-9/h2-6,11-12,18H,7H2,1H3,(H,13,16). The van der Waals surface area contributed by atoms with Gasteiger partial charge >= 0.3 is 0 Å². The van der Waals surface area contributed by atoms with Crippen LogP contribution in [0.3, 0.4) is 0 Å². The van der Waals surface area contributed by atoms with Gasteiger partial charge in [0.25, 0.3) is 5.91 Å². The second-order valence-electron chi connectivity index (χ2n) is 3.82. The number of carbonyl (C=O) groups excluding carboxylic acids is 2. The third kappa shape index (κ3) is 2.63. The highest BCUT2D eigenvalue weighted by Gasteiger charge is 2.34. The number of hydrazine groups is 2. The van der Waals surface area contributed by atoms with Crippen molar-refractivity contribution in [1.29, 1.82) is 0 Å². The van der Waals surface area contributed by atoms with Gasteiger partial charge in [-0.2, -0.15) is 0 Å². The van der Waals surface area contributed by atoms with Gasteiger partial charge in [-0.1, -0.05) is 18.2 Å². The van der Waals surface area contributed by atoms with Gasteiger partial charge in [0.05, 0.1) is 6.67 Å². The van der Waals surface area contributed by atoms with Crippen molar-refractivity contribution in [1.82, 2.24) is 20.9 Å². The molecule has 6 nitrogen and oxygen atoms in total. The summed E-state index contributed by atoms with van der Waals surface area (Å²) < 4.78 is 0. The lowest BCUT2D eigenvalue weighted by atomic mass is 10.2. The van der Waals surface area contributed by atoms with Crippen LogP contribution in [0.25, 0.3) is 0 Å². The Morgan fingerprint density at radius 1 is 1.39 bits per heavy atom. The normalized spacial score (nSPS) is 19.9. The molecule has 1 heterocycles. The van der Waals surface area contributed by atoms with Crippen molar-refractivity contribution in [2.75, 3.05) is 6.67 Å². The molecule has 1 atom stereocenters. The Bertz CT molecular complexity index is 454. The Hall–Kier alpha value is -1.57. The molecule has 1 unspecified atom stereocenters. The highest BCUT2D eigenvalue weighted by Crippen LogP contribution is 2.15. The van der Waals surface area contributed by atoms with E-state index in [4.69, 9.17) is 0 Å². The first-order valence-corrected chi connectivity index (χ1v) is 5.96. The van der Waals surface area contributed by atoms with Gasteiger partial charge in [-0.05, 0) is 12.1 Å². The number of rotatable bonds is 2. The number of carbonyl (C=O) groups is 2. The summed E-state index contributed by atoms with van der Waals surface area (Å²) in [6.07, 6.45) is 0. The average molecular weight is 266 g/mol. The number of hydrogen-bond donors (Lipinski definition) is 3. The SMILES string of the molecule is CC(=O)NN1CNC(S)N1C(=O)c1ccccc1. The van der Waals surface area contributed by atoms with E-state index in [-0.39, 0.29) is 11.8 Å². The number of benzene rings is 1. The van der Waals surface area contributed by atoms with Gasteiger partial charge in [0, 0.05) is 12.5 Å². The lowest BCUT2D eigenvalue weighted by molar-refractivity contribution is -0.129. The number of nitrogens with one attached hydrogen (secondary N) is 2. The van der Waals surface area contributed by atoms with Crippen LogP contribution in [-0.4, -0.2) is 34.1 Å². The molecule has 0 bridgehead atoms. The largest absolute Gasteiger partial charge is 0.274 e. The van der Waals surface area contributed by atoms with E-state index in [9.17, 15) is 9.59 Å². The molecule has 2 N–H and O–H groups in total. The van der Waals surface area contributed by atoms with Crippen LogP contribution in [0.15, 0.2) is 30.3 Å². The summed E-state index contributed by atoms with van der Waals surface area (Å²) in [5.74, 6) is -0.473. The summed E-state index contributed by atoms with van der Waals surface area (Å²) in [6, 6.07) is 8.84. The molecule has 0 radical (unpaired) electrons. The fourth-order valence-corrected chi connectivity index (χ4v) is 1.98. The first-order chi connectivity index (χ1) is 8.59. The van der Waals surface area contributed by atoms with Crippen molar-refractivity contribution >= 4 is 24.4 Å². The molecule has 96 valence electrons. The smallest absolute Gasteiger partial charge is 0.271 e. The Kier molecular flexibility index (Phi) is 3.85. The van der Waals surface area contributed by atoms with Crippen LogP contribution < -0.4 is 10.7 Å². The Morgan fingerprint density at radius 3 is 2.67 bits per heavy atom. The Labute approximate surface area is 110 Å². The predicted molar refractivity (Wildman–Crippen MR) is 69.0 cm³/mol. The van der Waals surface area contributed by atoms with Crippen molar-refractivity contribution < 1.29 is 9.59 Å². The quantitative estimate of drug-likeness (QED) is 0.668. The zero-order valence-corrected chi connectivity index (χ0v) is 10.7. The zero-order chi connectivity index (χ0) is 13.1. The van der Waals surface area contributed by atoms with Gasteiger partial charge < -0.3 is 0 Å². The lowest BCUT2D eigenvalue weighted by Crippen LogP contribution is -2.52. The fraction of sp³-hybridized carbons (Fsp3) is 0.273. The van der Waals surface area contributed by atoms with E-state index in [1.54, 1.807) is 24.3 Å². The van der Waals surface area contributed by atoms with E-state index in [0.717, 1.165) is 0 Å². The van der Waals surface area contributed by atoms with Crippen molar-refractivity contribution in [2.45, 2.75) is 12.4 Å². The van der Waals surface area contributed by atoms with E-state index in [1.165, 1.54) is 17.1 Å². The summed E-state index contributed by atoms with van der Waals surface area (Å²) >= 11 is 4.26. The summed E-state index contributed by atoms with van der Waals surface area (Å²) in [6.45, 7) is 1.71. The van der Waals surface area contributed by atoms with Gasteiger partial charge in [0.15, 0.2) is 0 Å². The van der Waals surface area contributed by atoms with Crippen LogP contribution in [0.4, 0.5) is 0 Å². The van der Waals surface area contributed by atoms with Gasteiger partial charge in [-0.15, -0.1) is 17.7 Å². The molecule has 1 fully saturated rings. The molecule has 1 aromatic carbocycles. The van der Waals surface area contributed by atoms with Gasteiger partial charge in [-0.25, -0.2) is 5.01 Å². The fourth-order valence-electron chi connectivity index (χ4n) is 1.67. The van der Waals surface area contributed by atoms with Crippen molar-refractivity contribution in [2.24, 2.45) is 0 Å². The number of hydrogen-bond acceptors (Lipinski definition) is 5. The van der Waals surface area contributed by atoms with Gasteiger partial charge in [0.2, 0.25) is 5.91 Å². The highest BCUT2D eigenvalue weighted by molar-refractivity contribution is 7.80. The van der Waals surface area contributed by atoms with Crippen molar-refractivity contribution in [3.8, 4) is 0 Å². The molecule has 2 rings (SSSR count). The molecule has 0 saturated carbocycles. The number of thiol groups is 1. The third-order valence-electron chi connectivity index (χ3n) is 2.43. The van der Waals surface area contributed by atoms with Gasteiger partial charge in [-0.3, -0.25) is 20.3 Å². The second kappa shape index (κ2) is 5.38. The van der Waals surface area contributed by atoms with Crippen molar-refractivity contribution in [3.05, 3.63) is 35.9 Å². The van der Waals surface area contributed by atoms with E-state index in [1.807, 2.05) is 6.07 Å². The summed E-state index contributed by atoms with van der Waals surface area (Å²) in [7, 11) is 0. The average Bonchev–Trinajstić information content (AvgIpc) is 2.70. The molecule has 7 heteroatoms. The van der Waals surface area contributed by atoms with Crippen LogP contribution in [0, 0.1) is 0 Å². The first-order valence-electron chi connectivity index (χ1n) is 5.44. The van der Waals surface area contributed by atoms with Crippen LogP contribution in [0.1, 0.15) is 17.3 Å². The van der Waals surface area contributed by atoms with Crippen LogP contribution >= 0.6 is 12.6 Å². The second-order valence-corrected chi connectivity index (χ2v) is 4.31. The molecule has 0 spiro atoms.